The van der Waals surface area contributed by atoms with Crippen LogP contribution in [-0.4, -0.2) is 0 Å². The summed E-state index contributed by atoms with van der Waals surface area (Å²) in [6, 6.07) is 47.4. The van der Waals surface area contributed by atoms with E-state index in [9.17, 15) is 0 Å². The molecule has 198 valence electrons. The summed E-state index contributed by atoms with van der Waals surface area (Å²) in [4.78, 5) is 2.51. The highest BCUT2D eigenvalue weighted by atomic mass is 32.2. The summed E-state index contributed by atoms with van der Waals surface area (Å²) in [7, 11) is 0. The van der Waals surface area contributed by atoms with Crippen LogP contribution < -0.4 is 0 Å². The third-order valence-corrected chi connectivity index (χ3v) is 9.23. The van der Waals surface area contributed by atoms with Gasteiger partial charge in [-0.15, -0.1) is 0 Å². The maximum atomic E-state index is 2.45. The van der Waals surface area contributed by atoms with Crippen molar-refractivity contribution in [3.63, 3.8) is 0 Å². The lowest BCUT2D eigenvalue weighted by Gasteiger charge is -2.21. The molecule has 0 N–H and O–H groups in total. The Balaban J connectivity index is 1.45. The molecule has 41 heavy (non-hydrogen) atoms. The Bertz CT molecular complexity index is 1860. The minimum absolute atomic E-state index is 0.958. The Labute approximate surface area is 247 Å². The Morgan fingerprint density at radius 3 is 1.54 bits per heavy atom. The molecule has 0 saturated carbocycles. The van der Waals surface area contributed by atoms with Gasteiger partial charge in [0.25, 0.3) is 0 Å². The maximum Gasteiger partial charge on any atom is 0.0122 e. The van der Waals surface area contributed by atoms with Crippen molar-refractivity contribution in [3.05, 3.63) is 155 Å². The molecule has 0 amide bonds. The number of aryl methyl sites for hydroxylation is 3. The largest absolute Gasteiger partial charge is 0.0901 e. The van der Waals surface area contributed by atoms with Crippen LogP contribution in [0.3, 0.4) is 0 Å². The van der Waals surface area contributed by atoms with Crippen LogP contribution in [0.1, 0.15) is 27.8 Å². The third-order valence-electron chi connectivity index (χ3n) is 8.21. The summed E-state index contributed by atoms with van der Waals surface area (Å²) in [5.41, 5.74) is 17.2. The van der Waals surface area contributed by atoms with E-state index >= 15 is 0 Å². The molecule has 0 radical (unpaired) electrons. The summed E-state index contributed by atoms with van der Waals surface area (Å²) in [5.74, 6) is 0. The van der Waals surface area contributed by atoms with Gasteiger partial charge in [0.05, 0.1) is 0 Å². The van der Waals surface area contributed by atoms with E-state index in [-0.39, 0.29) is 0 Å². The molecular weight excluding hydrogens is 513 g/mol. The topological polar surface area (TPSA) is 0 Å². The monoisotopic (exact) mass is 544 g/mol. The molecule has 0 heterocycles. The molecular formula is C40H32S. The van der Waals surface area contributed by atoms with Gasteiger partial charge in [-0.2, -0.15) is 0 Å². The molecule has 0 bridgehead atoms. The zero-order chi connectivity index (χ0) is 27.9. The minimum Gasteiger partial charge on any atom is -0.0901 e. The standard InChI is InChI=1S/C40H32S/c1-26-8-14-30(15-9-26)39-36(29-18-22-34(23-19-29)41-33-20-12-28(3)13-21-33)25-37-35-7-5-4-6-32(35)24-38(37)40(39)31-16-10-27(2)11-17-31/h4-23,25H,24H2,1-3H3. The molecule has 6 aromatic rings. The lowest BCUT2D eigenvalue weighted by atomic mass is 9.82. The molecule has 1 aliphatic carbocycles. The first kappa shape index (κ1) is 25.6. The van der Waals surface area contributed by atoms with Crippen LogP contribution in [0, 0.1) is 20.8 Å². The van der Waals surface area contributed by atoms with E-state index in [1.807, 2.05) is 11.8 Å². The van der Waals surface area contributed by atoms with Gasteiger partial charge in [0.15, 0.2) is 0 Å². The van der Waals surface area contributed by atoms with Gasteiger partial charge < -0.3 is 0 Å². The number of hydrogen-bond acceptors (Lipinski definition) is 1. The van der Waals surface area contributed by atoms with Crippen LogP contribution in [0.4, 0.5) is 0 Å². The average Bonchev–Trinajstić information content (AvgIpc) is 3.37. The fourth-order valence-corrected chi connectivity index (χ4v) is 6.82. The normalized spacial score (nSPS) is 11.8. The predicted octanol–water partition coefficient (Wildman–Crippen LogP) is 11.3. The first-order valence-electron chi connectivity index (χ1n) is 14.3. The van der Waals surface area contributed by atoms with E-state index in [1.165, 1.54) is 82.1 Å². The van der Waals surface area contributed by atoms with E-state index in [1.54, 1.807) is 0 Å². The molecule has 0 unspecified atom stereocenters. The highest BCUT2D eigenvalue weighted by molar-refractivity contribution is 7.99. The van der Waals surface area contributed by atoms with Crippen LogP contribution in [0.25, 0.3) is 44.5 Å². The molecule has 0 aromatic heterocycles. The Kier molecular flexibility index (Phi) is 6.61. The van der Waals surface area contributed by atoms with E-state index < -0.39 is 0 Å². The lowest BCUT2D eigenvalue weighted by Crippen LogP contribution is -1.97. The summed E-state index contributed by atoms with van der Waals surface area (Å²) < 4.78 is 0. The first-order chi connectivity index (χ1) is 20.0. The van der Waals surface area contributed by atoms with Crippen molar-refractivity contribution in [1.82, 2.24) is 0 Å². The molecule has 7 rings (SSSR count). The van der Waals surface area contributed by atoms with Gasteiger partial charge in [0.1, 0.15) is 0 Å². The Hall–Kier alpha value is -4.33. The molecule has 1 heteroatoms. The molecule has 0 spiro atoms. The van der Waals surface area contributed by atoms with Crippen molar-refractivity contribution < 1.29 is 0 Å². The van der Waals surface area contributed by atoms with E-state index in [0.717, 1.165) is 6.42 Å². The quantitative estimate of drug-likeness (QED) is 0.208. The van der Waals surface area contributed by atoms with E-state index in [0.29, 0.717) is 0 Å². The van der Waals surface area contributed by atoms with Gasteiger partial charge in [-0.3, -0.25) is 0 Å². The lowest BCUT2D eigenvalue weighted by molar-refractivity contribution is 1.26. The molecule has 1 aliphatic rings. The minimum atomic E-state index is 0.958. The fraction of sp³-hybridized carbons (Fsp3) is 0.100. The van der Waals surface area contributed by atoms with Gasteiger partial charge in [-0.05, 0) is 113 Å². The van der Waals surface area contributed by atoms with Gasteiger partial charge >= 0.3 is 0 Å². The molecule has 0 fully saturated rings. The molecule has 0 atom stereocenters. The predicted molar refractivity (Wildman–Crippen MR) is 176 cm³/mol. The zero-order valence-corrected chi connectivity index (χ0v) is 24.6. The van der Waals surface area contributed by atoms with Gasteiger partial charge in [-0.25, -0.2) is 0 Å². The zero-order valence-electron chi connectivity index (χ0n) is 23.7. The van der Waals surface area contributed by atoms with Gasteiger partial charge in [0.2, 0.25) is 0 Å². The highest BCUT2D eigenvalue weighted by Crippen LogP contribution is 2.50. The van der Waals surface area contributed by atoms with Crippen molar-refractivity contribution in [2.75, 3.05) is 0 Å². The van der Waals surface area contributed by atoms with Crippen molar-refractivity contribution in [3.8, 4) is 44.5 Å². The van der Waals surface area contributed by atoms with Crippen molar-refractivity contribution >= 4 is 11.8 Å². The maximum absolute atomic E-state index is 2.45. The van der Waals surface area contributed by atoms with Crippen LogP contribution in [0.15, 0.2) is 137 Å². The van der Waals surface area contributed by atoms with Gasteiger partial charge in [-0.1, -0.05) is 126 Å². The van der Waals surface area contributed by atoms with Crippen LogP contribution in [0.5, 0.6) is 0 Å². The summed E-state index contributed by atoms with van der Waals surface area (Å²) in [6.45, 7) is 6.46. The highest BCUT2D eigenvalue weighted by Gasteiger charge is 2.27. The number of fused-ring (bicyclic) bond motifs is 3. The average molecular weight is 545 g/mol. The van der Waals surface area contributed by atoms with Crippen molar-refractivity contribution in [2.24, 2.45) is 0 Å². The second-order valence-electron chi connectivity index (χ2n) is 11.2. The molecule has 0 saturated heterocycles. The first-order valence-corrected chi connectivity index (χ1v) is 15.1. The van der Waals surface area contributed by atoms with Crippen LogP contribution >= 0.6 is 11.8 Å². The molecule has 6 aromatic carbocycles. The van der Waals surface area contributed by atoms with Crippen molar-refractivity contribution in [2.45, 2.75) is 37.0 Å². The Morgan fingerprint density at radius 2 is 0.927 bits per heavy atom. The van der Waals surface area contributed by atoms with Crippen LogP contribution in [0.2, 0.25) is 0 Å². The summed E-state index contributed by atoms with van der Waals surface area (Å²) in [6.07, 6.45) is 0.958. The number of rotatable bonds is 5. The number of benzene rings is 6. The summed E-state index contributed by atoms with van der Waals surface area (Å²) >= 11 is 1.81. The molecule has 0 aliphatic heterocycles. The second-order valence-corrected chi connectivity index (χ2v) is 12.4. The van der Waals surface area contributed by atoms with E-state index in [2.05, 4.69) is 148 Å². The summed E-state index contributed by atoms with van der Waals surface area (Å²) in [5, 5.41) is 0. The smallest absolute Gasteiger partial charge is 0.0122 e. The second kappa shape index (κ2) is 10.6. The van der Waals surface area contributed by atoms with Crippen LogP contribution in [-0.2, 0) is 6.42 Å². The fourth-order valence-electron chi connectivity index (χ4n) is 6.01. The van der Waals surface area contributed by atoms with Crippen molar-refractivity contribution in [1.29, 1.82) is 0 Å². The Morgan fingerprint density at radius 1 is 0.439 bits per heavy atom. The molecule has 0 nitrogen and oxygen atoms in total. The van der Waals surface area contributed by atoms with E-state index in [4.69, 9.17) is 0 Å². The van der Waals surface area contributed by atoms with Gasteiger partial charge in [0, 0.05) is 9.79 Å². The number of hydrogen-bond donors (Lipinski definition) is 0. The third kappa shape index (κ3) is 4.92. The SMILES string of the molecule is Cc1ccc(Sc2ccc(-c3cc4c(c(-c5ccc(C)cc5)c3-c3ccc(C)cc3)Cc3ccccc3-4)cc2)cc1.